The zero-order valence-corrected chi connectivity index (χ0v) is 46.0. The lowest BCUT2D eigenvalue weighted by atomic mass is 10.0. The summed E-state index contributed by atoms with van der Waals surface area (Å²) in [7, 11) is 0. The standard InChI is InChI=1S/C61H118O6/c1-6-7-8-9-10-11-12-13-14-15-16-17-18-21-26-31-36-41-46-51-59(62)65-54-58(55-66-60(63)52-47-42-37-32-28-23-25-30-35-40-45-50-57(4)5)67-61(64)53-48-43-38-33-27-22-19-20-24-29-34-39-44-49-56(2)3/h56-58H,6-55H2,1-5H3/t58-/m1/s1. The van der Waals surface area contributed by atoms with Crippen molar-refractivity contribution < 1.29 is 28.6 Å². The van der Waals surface area contributed by atoms with Crippen molar-refractivity contribution in [2.45, 2.75) is 349 Å². The summed E-state index contributed by atoms with van der Waals surface area (Å²) in [6.07, 6.45) is 58.1. The molecular weight excluding hydrogens is 829 g/mol. The van der Waals surface area contributed by atoms with E-state index in [9.17, 15) is 14.4 Å². The minimum absolute atomic E-state index is 0.0624. The first kappa shape index (κ1) is 65.4. The molecule has 0 N–H and O–H groups in total. The maximum Gasteiger partial charge on any atom is 0.306 e. The SMILES string of the molecule is CCCCCCCCCCCCCCCCCCCCCC(=O)OC[C@H](COC(=O)CCCCCCCCCCCCCC(C)C)OC(=O)CCCCCCCCCCCCCCCC(C)C. The van der Waals surface area contributed by atoms with E-state index in [1.807, 2.05) is 0 Å². The second-order valence-corrected chi connectivity index (χ2v) is 21.9. The van der Waals surface area contributed by atoms with Crippen LogP contribution in [0.3, 0.4) is 0 Å². The third-order valence-corrected chi connectivity index (χ3v) is 14.0. The zero-order valence-electron chi connectivity index (χ0n) is 46.0. The number of rotatable bonds is 55. The molecule has 0 aliphatic carbocycles. The molecule has 0 saturated heterocycles. The zero-order chi connectivity index (χ0) is 48.9. The molecule has 67 heavy (non-hydrogen) atoms. The van der Waals surface area contributed by atoms with E-state index in [4.69, 9.17) is 14.2 Å². The average Bonchev–Trinajstić information content (AvgIpc) is 3.30. The van der Waals surface area contributed by atoms with Crippen LogP contribution in [0.25, 0.3) is 0 Å². The fourth-order valence-electron chi connectivity index (χ4n) is 9.40. The first-order valence-corrected chi connectivity index (χ1v) is 30.2. The van der Waals surface area contributed by atoms with E-state index in [0.29, 0.717) is 19.3 Å². The third-order valence-electron chi connectivity index (χ3n) is 14.0. The van der Waals surface area contributed by atoms with Crippen molar-refractivity contribution in [2.24, 2.45) is 11.8 Å². The van der Waals surface area contributed by atoms with Crippen LogP contribution in [0.2, 0.25) is 0 Å². The van der Waals surface area contributed by atoms with Gasteiger partial charge in [-0.15, -0.1) is 0 Å². The van der Waals surface area contributed by atoms with Gasteiger partial charge in [-0.25, -0.2) is 0 Å². The number of carbonyl (C=O) groups is 3. The summed E-state index contributed by atoms with van der Waals surface area (Å²) in [5, 5.41) is 0. The molecule has 0 heterocycles. The summed E-state index contributed by atoms with van der Waals surface area (Å²) in [6, 6.07) is 0. The van der Waals surface area contributed by atoms with Gasteiger partial charge in [-0.3, -0.25) is 14.4 Å². The third kappa shape index (κ3) is 55.2. The summed E-state index contributed by atoms with van der Waals surface area (Å²) >= 11 is 0. The van der Waals surface area contributed by atoms with Crippen LogP contribution in [-0.2, 0) is 28.6 Å². The molecule has 398 valence electrons. The van der Waals surface area contributed by atoms with Gasteiger partial charge in [0.25, 0.3) is 0 Å². The normalized spacial score (nSPS) is 12.0. The highest BCUT2D eigenvalue weighted by molar-refractivity contribution is 5.71. The van der Waals surface area contributed by atoms with Crippen molar-refractivity contribution in [3.8, 4) is 0 Å². The van der Waals surface area contributed by atoms with E-state index < -0.39 is 6.10 Å². The molecule has 0 radical (unpaired) electrons. The molecule has 0 spiro atoms. The predicted octanol–water partition coefficient (Wildman–Crippen LogP) is 20.0. The van der Waals surface area contributed by atoms with Gasteiger partial charge in [0.2, 0.25) is 0 Å². The Morgan fingerprint density at radius 1 is 0.284 bits per heavy atom. The van der Waals surface area contributed by atoms with E-state index in [0.717, 1.165) is 69.6 Å². The summed E-state index contributed by atoms with van der Waals surface area (Å²) < 4.78 is 16.9. The summed E-state index contributed by atoms with van der Waals surface area (Å²) in [5.41, 5.74) is 0. The Balaban J connectivity index is 4.28. The van der Waals surface area contributed by atoms with Gasteiger partial charge in [-0.1, -0.05) is 304 Å². The lowest BCUT2D eigenvalue weighted by Gasteiger charge is -2.18. The van der Waals surface area contributed by atoms with Gasteiger partial charge in [0.05, 0.1) is 0 Å². The highest BCUT2D eigenvalue weighted by Gasteiger charge is 2.19. The molecule has 0 saturated carbocycles. The molecule has 6 nitrogen and oxygen atoms in total. The molecule has 1 atom stereocenters. The summed E-state index contributed by atoms with van der Waals surface area (Å²) in [4.78, 5) is 38.2. The van der Waals surface area contributed by atoms with Crippen LogP contribution >= 0.6 is 0 Å². The van der Waals surface area contributed by atoms with Crippen molar-refractivity contribution in [1.82, 2.24) is 0 Å². The number of unbranched alkanes of at least 4 members (excludes halogenated alkanes) is 40. The van der Waals surface area contributed by atoms with E-state index in [2.05, 4.69) is 34.6 Å². The highest BCUT2D eigenvalue weighted by atomic mass is 16.6. The van der Waals surface area contributed by atoms with Gasteiger partial charge in [-0.05, 0) is 31.1 Å². The van der Waals surface area contributed by atoms with Crippen molar-refractivity contribution in [1.29, 1.82) is 0 Å². The molecule has 0 bridgehead atoms. The number of ether oxygens (including phenoxy) is 3. The van der Waals surface area contributed by atoms with Crippen molar-refractivity contribution >= 4 is 17.9 Å². The van der Waals surface area contributed by atoms with E-state index in [1.54, 1.807) is 0 Å². The first-order valence-electron chi connectivity index (χ1n) is 30.2. The minimum Gasteiger partial charge on any atom is -0.462 e. The fraction of sp³-hybridized carbons (Fsp3) is 0.951. The van der Waals surface area contributed by atoms with Gasteiger partial charge < -0.3 is 14.2 Å². The number of esters is 3. The Morgan fingerprint density at radius 2 is 0.493 bits per heavy atom. The van der Waals surface area contributed by atoms with Crippen LogP contribution < -0.4 is 0 Å². The summed E-state index contributed by atoms with van der Waals surface area (Å²) in [6.45, 7) is 11.4. The Hall–Kier alpha value is -1.59. The van der Waals surface area contributed by atoms with Crippen LogP contribution in [-0.4, -0.2) is 37.2 Å². The van der Waals surface area contributed by atoms with Gasteiger partial charge in [-0.2, -0.15) is 0 Å². The lowest BCUT2D eigenvalue weighted by molar-refractivity contribution is -0.167. The topological polar surface area (TPSA) is 78.9 Å². The maximum absolute atomic E-state index is 12.9. The van der Waals surface area contributed by atoms with Crippen LogP contribution in [0.5, 0.6) is 0 Å². The molecule has 0 aromatic rings. The minimum atomic E-state index is -0.763. The number of hydrogen-bond acceptors (Lipinski definition) is 6. The Labute approximate surface area is 418 Å². The van der Waals surface area contributed by atoms with Crippen molar-refractivity contribution in [3.05, 3.63) is 0 Å². The van der Waals surface area contributed by atoms with E-state index in [1.165, 1.54) is 231 Å². The maximum atomic E-state index is 12.9. The molecule has 0 aliphatic heterocycles. The highest BCUT2D eigenvalue weighted by Crippen LogP contribution is 2.18. The predicted molar refractivity (Wildman–Crippen MR) is 289 cm³/mol. The lowest BCUT2D eigenvalue weighted by Crippen LogP contribution is -2.30. The molecule has 0 fully saturated rings. The largest absolute Gasteiger partial charge is 0.462 e. The molecular formula is C61H118O6. The second-order valence-electron chi connectivity index (χ2n) is 21.9. The van der Waals surface area contributed by atoms with Crippen LogP contribution in [0.1, 0.15) is 343 Å². The number of carbonyl (C=O) groups excluding carboxylic acids is 3. The smallest absolute Gasteiger partial charge is 0.306 e. The molecule has 0 amide bonds. The second kappa shape index (κ2) is 53.8. The van der Waals surface area contributed by atoms with Gasteiger partial charge in [0.1, 0.15) is 13.2 Å². The number of hydrogen-bond donors (Lipinski definition) is 0. The molecule has 0 rings (SSSR count). The quantitative estimate of drug-likeness (QED) is 0.0343. The molecule has 6 heteroatoms. The van der Waals surface area contributed by atoms with Gasteiger partial charge >= 0.3 is 17.9 Å². The van der Waals surface area contributed by atoms with Gasteiger partial charge in [0, 0.05) is 19.3 Å². The van der Waals surface area contributed by atoms with Crippen molar-refractivity contribution in [2.75, 3.05) is 13.2 Å². The Morgan fingerprint density at radius 3 is 0.731 bits per heavy atom. The molecule has 0 aromatic heterocycles. The molecule has 0 aliphatic rings. The van der Waals surface area contributed by atoms with Crippen LogP contribution in [0, 0.1) is 11.8 Å². The van der Waals surface area contributed by atoms with Crippen molar-refractivity contribution in [3.63, 3.8) is 0 Å². The van der Waals surface area contributed by atoms with E-state index >= 15 is 0 Å². The molecule has 0 unspecified atom stereocenters. The van der Waals surface area contributed by atoms with Crippen LogP contribution in [0.15, 0.2) is 0 Å². The Bertz CT molecular complexity index is 1020. The first-order chi connectivity index (χ1) is 32.7. The van der Waals surface area contributed by atoms with Gasteiger partial charge in [0.15, 0.2) is 6.10 Å². The van der Waals surface area contributed by atoms with Crippen LogP contribution in [0.4, 0.5) is 0 Å². The Kier molecular flexibility index (Phi) is 52.5. The van der Waals surface area contributed by atoms with E-state index in [-0.39, 0.29) is 31.1 Å². The summed E-state index contributed by atoms with van der Waals surface area (Å²) in [5.74, 6) is 0.828. The fourth-order valence-corrected chi connectivity index (χ4v) is 9.40. The molecule has 0 aromatic carbocycles. The average molecular weight is 948 g/mol. The monoisotopic (exact) mass is 947 g/mol.